The van der Waals surface area contributed by atoms with Crippen molar-refractivity contribution in [1.82, 2.24) is 14.9 Å². The maximum absolute atomic E-state index is 12.1. The number of guanidine groups is 1. The minimum absolute atomic E-state index is 0.284. The van der Waals surface area contributed by atoms with Crippen LogP contribution in [0.4, 0.5) is 0 Å². The average molecular weight is 371 g/mol. The number of benzene rings is 1. The number of sulfonamides is 1. The molecule has 0 unspecified atom stereocenters. The third-order valence-corrected chi connectivity index (χ3v) is 5.26. The highest BCUT2D eigenvalue weighted by atomic mass is 32.2. The molecule has 0 amide bonds. The molecule has 1 aromatic rings. The summed E-state index contributed by atoms with van der Waals surface area (Å²) in [6, 6.07) is 6.81. The van der Waals surface area contributed by atoms with E-state index in [2.05, 4.69) is 15.6 Å². The number of aliphatic imine (C=N–C) groups is 1. The summed E-state index contributed by atoms with van der Waals surface area (Å²) in [5.41, 5.74) is 0.948. The van der Waals surface area contributed by atoms with Crippen LogP contribution in [0.25, 0.3) is 0 Å². The van der Waals surface area contributed by atoms with Crippen molar-refractivity contribution in [3.63, 3.8) is 0 Å². The fourth-order valence-corrected chi connectivity index (χ4v) is 2.92. The zero-order chi connectivity index (χ0) is 18.7. The standard InChI is InChI=1S/C17H30N4O3S/c1-5-18-17(19-12-7-13-24-6-2)20-14-15-8-10-16(11-9-15)25(22,23)21(3)4/h8-11H,5-7,12-14H2,1-4H3,(H2,18,19,20). The molecule has 7 nitrogen and oxygen atoms in total. The highest BCUT2D eigenvalue weighted by molar-refractivity contribution is 7.89. The molecule has 0 fully saturated rings. The summed E-state index contributed by atoms with van der Waals surface area (Å²) in [5, 5.41) is 6.45. The summed E-state index contributed by atoms with van der Waals surface area (Å²) < 4.78 is 30.6. The molecular formula is C17H30N4O3S. The van der Waals surface area contributed by atoms with Crippen molar-refractivity contribution in [2.45, 2.75) is 31.7 Å². The lowest BCUT2D eigenvalue weighted by atomic mass is 10.2. The normalized spacial score (nSPS) is 12.4. The minimum atomic E-state index is -3.39. The first-order chi connectivity index (χ1) is 11.9. The largest absolute Gasteiger partial charge is 0.382 e. The van der Waals surface area contributed by atoms with E-state index in [-0.39, 0.29) is 4.90 Å². The Hall–Kier alpha value is -1.64. The van der Waals surface area contributed by atoms with E-state index in [4.69, 9.17) is 4.74 Å². The molecule has 0 aliphatic carbocycles. The van der Waals surface area contributed by atoms with Crippen molar-refractivity contribution < 1.29 is 13.2 Å². The number of rotatable bonds is 10. The van der Waals surface area contributed by atoms with Crippen LogP contribution in [0.2, 0.25) is 0 Å². The predicted molar refractivity (Wildman–Crippen MR) is 101 cm³/mol. The van der Waals surface area contributed by atoms with Gasteiger partial charge >= 0.3 is 0 Å². The second-order valence-corrected chi connectivity index (χ2v) is 7.76. The van der Waals surface area contributed by atoms with E-state index in [1.54, 1.807) is 24.3 Å². The molecular weight excluding hydrogens is 340 g/mol. The first-order valence-electron chi connectivity index (χ1n) is 8.53. The number of hydrogen-bond acceptors (Lipinski definition) is 4. The van der Waals surface area contributed by atoms with E-state index < -0.39 is 10.0 Å². The molecule has 25 heavy (non-hydrogen) atoms. The zero-order valence-corrected chi connectivity index (χ0v) is 16.4. The van der Waals surface area contributed by atoms with Gasteiger partial charge < -0.3 is 15.4 Å². The SMILES string of the molecule is CCNC(=NCc1ccc(S(=O)(=O)N(C)C)cc1)NCCCOCC. The van der Waals surface area contributed by atoms with Gasteiger partial charge in [0.15, 0.2) is 5.96 Å². The monoisotopic (exact) mass is 370 g/mol. The van der Waals surface area contributed by atoms with Crippen LogP contribution in [-0.4, -0.2) is 59.1 Å². The van der Waals surface area contributed by atoms with Crippen molar-refractivity contribution in [1.29, 1.82) is 0 Å². The Balaban J connectivity index is 2.63. The van der Waals surface area contributed by atoms with Crippen molar-refractivity contribution in [2.24, 2.45) is 4.99 Å². The number of nitrogens with zero attached hydrogens (tertiary/aromatic N) is 2. The van der Waals surface area contributed by atoms with E-state index in [0.717, 1.165) is 44.2 Å². The van der Waals surface area contributed by atoms with E-state index >= 15 is 0 Å². The summed E-state index contributed by atoms with van der Waals surface area (Å²) in [5.74, 6) is 0.740. The summed E-state index contributed by atoms with van der Waals surface area (Å²) in [6.45, 7) is 7.48. The molecule has 8 heteroatoms. The Bertz CT molecular complexity index is 628. The van der Waals surface area contributed by atoms with Crippen LogP contribution in [0.1, 0.15) is 25.8 Å². The van der Waals surface area contributed by atoms with Gasteiger partial charge in [0.25, 0.3) is 0 Å². The molecule has 0 atom stereocenters. The second kappa shape index (κ2) is 11.1. The van der Waals surface area contributed by atoms with Gasteiger partial charge in [0.2, 0.25) is 10.0 Å². The summed E-state index contributed by atoms with van der Waals surface area (Å²) >= 11 is 0. The Morgan fingerprint density at radius 2 is 1.84 bits per heavy atom. The molecule has 0 aromatic heterocycles. The Morgan fingerprint density at radius 1 is 1.16 bits per heavy atom. The Morgan fingerprint density at radius 3 is 2.40 bits per heavy atom. The van der Waals surface area contributed by atoms with Crippen molar-refractivity contribution in [3.05, 3.63) is 29.8 Å². The fraction of sp³-hybridized carbons (Fsp3) is 0.588. The molecule has 0 spiro atoms. The van der Waals surface area contributed by atoms with Crippen LogP contribution in [0.15, 0.2) is 34.2 Å². The smallest absolute Gasteiger partial charge is 0.242 e. The molecule has 0 heterocycles. The highest BCUT2D eigenvalue weighted by Gasteiger charge is 2.16. The Labute approximate surface area is 151 Å². The van der Waals surface area contributed by atoms with Crippen molar-refractivity contribution >= 4 is 16.0 Å². The van der Waals surface area contributed by atoms with Gasteiger partial charge in [0.1, 0.15) is 0 Å². The third-order valence-electron chi connectivity index (χ3n) is 3.43. The van der Waals surface area contributed by atoms with Gasteiger partial charge in [0, 0.05) is 40.4 Å². The molecule has 1 aromatic carbocycles. The van der Waals surface area contributed by atoms with Gasteiger partial charge in [-0.25, -0.2) is 17.7 Å². The lowest BCUT2D eigenvalue weighted by Crippen LogP contribution is -2.38. The Kier molecular flexibility index (Phi) is 9.48. The van der Waals surface area contributed by atoms with Gasteiger partial charge in [-0.2, -0.15) is 0 Å². The molecule has 0 radical (unpaired) electrons. The van der Waals surface area contributed by atoms with Gasteiger partial charge in [0.05, 0.1) is 11.4 Å². The predicted octanol–water partition coefficient (Wildman–Crippen LogP) is 1.42. The quantitative estimate of drug-likeness (QED) is 0.370. The molecule has 142 valence electrons. The summed E-state index contributed by atoms with van der Waals surface area (Å²) in [7, 11) is -0.350. The van der Waals surface area contributed by atoms with E-state index in [9.17, 15) is 8.42 Å². The van der Waals surface area contributed by atoms with Gasteiger partial charge in [-0.1, -0.05) is 12.1 Å². The van der Waals surface area contributed by atoms with E-state index in [1.165, 1.54) is 18.4 Å². The van der Waals surface area contributed by atoms with Gasteiger partial charge in [-0.3, -0.25) is 0 Å². The maximum Gasteiger partial charge on any atom is 0.242 e. The first-order valence-corrected chi connectivity index (χ1v) is 9.97. The average Bonchev–Trinajstić information content (AvgIpc) is 2.59. The lowest BCUT2D eigenvalue weighted by Gasteiger charge is -2.12. The van der Waals surface area contributed by atoms with E-state index in [0.29, 0.717) is 6.54 Å². The summed E-state index contributed by atoms with van der Waals surface area (Å²) in [4.78, 5) is 4.81. The summed E-state index contributed by atoms with van der Waals surface area (Å²) in [6.07, 6.45) is 0.912. The molecule has 1 rings (SSSR count). The topological polar surface area (TPSA) is 83.0 Å². The van der Waals surface area contributed by atoms with Gasteiger partial charge in [-0.15, -0.1) is 0 Å². The second-order valence-electron chi connectivity index (χ2n) is 5.60. The van der Waals surface area contributed by atoms with Crippen LogP contribution in [0.3, 0.4) is 0 Å². The number of hydrogen-bond donors (Lipinski definition) is 2. The van der Waals surface area contributed by atoms with Crippen LogP contribution in [0, 0.1) is 0 Å². The molecule has 0 saturated heterocycles. The highest BCUT2D eigenvalue weighted by Crippen LogP contribution is 2.14. The minimum Gasteiger partial charge on any atom is -0.382 e. The van der Waals surface area contributed by atoms with Gasteiger partial charge in [-0.05, 0) is 38.0 Å². The third kappa shape index (κ3) is 7.41. The van der Waals surface area contributed by atoms with Crippen LogP contribution in [-0.2, 0) is 21.3 Å². The van der Waals surface area contributed by atoms with Crippen molar-refractivity contribution in [2.75, 3.05) is 40.4 Å². The molecule has 2 N–H and O–H groups in total. The number of ether oxygens (including phenoxy) is 1. The van der Waals surface area contributed by atoms with Crippen molar-refractivity contribution in [3.8, 4) is 0 Å². The van der Waals surface area contributed by atoms with Crippen LogP contribution < -0.4 is 10.6 Å². The molecule has 0 saturated carbocycles. The fourth-order valence-electron chi connectivity index (χ4n) is 2.02. The number of nitrogens with one attached hydrogen (secondary N) is 2. The molecule has 0 bridgehead atoms. The maximum atomic E-state index is 12.1. The lowest BCUT2D eigenvalue weighted by molar-refractivity contribution is 0.145. The van der Waals surface area contributed by atoms with Crippen LogP contribution in [0.5, 0.6) is 0 Å². The first kappa shape index (κ1) is 21.4. The molecule has 0 aliphatic rings. The van der Waals surface area contributed by atoms with Crippen LogP contribution >= 0.6 is 0 Å². The zero-order valence-electron chi connectivity index (χ0n) is 15.6. The van der Waals surface area contributed by atoms with E-state index in [1.807, 2.05) is 13.8 Å². The molecule has 0 aliphatic heterocycles.